The van der Waals surface area contributed by atoms with Crippen LogP contribution in [-0.2, 0) is 4.74 Å². The zero-order valence-electron chi connectivity index (χ0n) is 10.3. The van der Waals surface area contributed by atoms with Crippen LogP contribution in [0.4, 0.5) is 4.39 Å². The van der Waals surface area contributed by atoms with Crippen molar-refractivity contribution in [2.24, 2.45) is 0 Å². The molecule has 1 N–H and O–H groups in total. The van der Waals surface area contributed by atoms with E-state index in [0.717, 1.165) is 29.1 Å². The lowest BCUT2D eigenvalue weighted by molar-refractivity contribution is 0.0462. The number of nitrogens with one attached hydrogen (secondary N) is 1. The smallest absolute Gasteiger partial charge is 0.128 e. The van der Waals surface area contributed by atoms with Gasteiger partial charge >= 0.3 is 0 Å². The molecule has 1 aliphatic heterocycles. The molecular weight excluding hydrogens is 317 g/mol. The van der Waals surface area contributed by atoms with E-state index in [1.165, 1.54) is 6.07 Å². The third kappa shape index (κ3) is 3.47. The largest absolute Gasteiger partial charge is 0.375 e. The number of halogens is 2. The van der Waals surface area contributed by atoms with E-state index in [4.69, 9.17) is 4.74 Å². The predicted octanol–water partition coefficient (Wildman–Crippen LogP) is 3.37. The Kier molecular flexibility index (Phi) is 5.48. The molecule has 0 bridgehead atoms. The van der Waals surface area contributed by atoms with Gasteiger partial charge in [-0.2, -0.15) is 11.8 Å². The Hall–Kier alpha value is -0.100. The van der Waals surface area contributed by atoms with Crippen molar-refractivity contribution < 1.29 is 9.13 Å². The number of ether oxygens (including phenoxy) is 1. The van der Waals surface area contributed by atoms with Crippen LogP contribution in [0.15, 0.2) is 22.7 Å². The summed E-state index contributed by atoms with van der Waals surface area (Å²) in [5.74, 6) is 1.75. The van der Waals surface area contributed by atoms with Crippen molar-refractivity contribution >= 4 is 27.7 Å². The molecule has 2 rings (SSSR count). The number of hydrogen-bond acceptors (Lipinski definition) is 3. The summed E-state index contributed by atoms with van der Waals surface area (Å²) in [7, 11) is 0. The van der Waals surface area contributed by atoms with Gasteiger partial charge in [-0.15, -0.1) is 0 Å². The van der Waals surface area contributed by atoms with E-state index in [-0.39, 0.29) is 18.0 Å². The second kappa shape index (κ2) is 6.89. The highest BCUT2D eigenvalue weighted by molar-refractivity contribution is 9.10. The number of likely N-dealkylation sites (N-methyl/N-ethyl adjacent to an activating group) is 1. The first kappa shape index (κ1) is 14.3. The van der Waals surface area contributed by atoms with Crippen LogP contribution in [0.25, 0.3) is 0 Å². The monoisotopic (exact) mass is 333 g/mol. The summed E-state index contributed by atoms with van der Waals surface area (Å²) < 4.78 is 20.6. The van der Waals surface area contributed by atoms with Gasteiger partial charge in [0, 0.05) is 21.5 Å². The van der Waals surface area contributed by atoms with E-state index in [2.05, 4.69) is 21.2 Å². The minimum absolute atomic E-state index is 0.0347. The van der Waals surface area contributed by atoms with Crippen LogP contribution >= 0.6 is 27.7 Å². The standard InChI is InChI=1S/C13H17BrFNOS/c1-2-16-13(12-8-18-6-5-17-12)10-7-9(14)3-4-11(10)15/h3-4,7,12-13,16H,2,5-6,8H2,1H3. The molecule has 0 spiro atoms. The van der Waals surface area contributed by atoms with Gasteiger partial charge in [0.25, 0.3) is 0 Å². The van der Waals surface area contributed by atoms with Crippen LogP contribution < -0.4 is 5.32 Å². The molecule has 1 saturated heterocycles. The van der Waals surface area contributed by atoms with E-state index < -0.39 is 0 Å². The molecule has 2 unspecified atom stereocenters. The van der Waals surface area contributed by atoms with Gasteiger partial charge in [0.2, 0.25) is 0 Å². The van der Waals surface area contributed by atoms with Gasteiger partial charge in [-0.05, 0) is 24.7 Å². The second-order valence-corrected chi connectivity index (χ2v) is 6.25. The fourth-order valence-corrected chi connectivity index (χ4v) is 3.39. The summed E-state index contributed by atoms with van der Waals surface area (Å²) in [5.41, 5.74) is 0.679. The Morgan fingerprint density at radius 1 is 1.61 bits per heavy atom. The van der Waals surface area contributed by atoms with Crippen LogP contribution in [-0.4, -0.2) is 30.8 Å². The van der Waals surface area contributed by atoms with Crippen molar-refractivity contribution in [2.45, 2.75) is 19.1 Å². The molecule has 2 nitrogen and oxygen atoms in total. The lowest BCUT2D eigenvalue weighted by atomic mass is 10.0. The minimum Gasteiger partial charge on any atom is -0.375 e. The highest BCUT2D eigenvalue weighted by Gasteiger charge is 2.27. The Balaban J connectivity index is 2.24. The zero-order chi connectivity index (χ0) is 13.0. The third-order valence-electron chi connectivity index (χ3n) is 2.93. The van der Waals surface area contributed by atoms with Gasteiger partial charge in [-0.1, -0.05) is 22.9 Å². The van der Waals surface area contributed by atoms with Gasteiger partial charge in [0.1, 0.15) is 5.82 Å². The van der Waals surface area contributed by atoms with Crippen molar-refractivity contribution in [2.75, 3.05) is 24.7 Å². The molecule has 0 saturated carbocycles. The molecule has 1 aromatic carbocycles. The Morgan fingerprint density at radius 2 is 2.44 bits per heavy atom. The average molecular weight is 334 g/mol. The van der Waals surface area contributed by atoms with Gasteiger partial charge in [-0.3, -0.25) is 0 Å². The highest BCUT2D eigenvalue weighted by atomic mass is 79.9. The van der Waals surface area contributed by atoms with E-state index in [0.29, 0.717) is 5.56 Å². The maximum absolute atomic E-state index is 14.0. The van der Waals surface area contributed by atoms with E-state index in [1.807, 2.05) is 24.8 Å². The van der Waals surface area contributed by atoms with Gasteiger partial charge < -0.3 is 10.1 Å². The molecule has 5 heteroatoms. The Labute approximate surface area is 120 Å². The first-order valence-electron chi connectivity index (χ1n) is 6.10. The number of benzene rings is 1. The average Bonchev–Trinajstić information content (AvgIpc) is 2.40. The van der Waals surface area contributed by atoms with Crippen molar-refractivity contribution in [3.63, 3.8) is 0 Å². The molecular formula is C13H17BrFNOS. The lowest BCUT2D eigenvalue weighted by Crippen LogP contribution is -2.38. The maximum Gasteiger partial charge on any atom is 0.128 e. The molecule has 100 valence electrons. The molecule has 0 amide bonds. The van der Waals surface area contributed by atoms with Crippen LogP contribution in [0, 0.1) is 5.82 Å². The molecule has 1 heterocycles. The molecule has 0 aromatic heterocycles. The summed E-state index contributed by atoms with van der Waals surface area (Å²) in [4.78, 5) is 0. The Morgan fingerprint density at radius 3 is 3.11 bits per heavy atom. The SMILES string of the molecule is CCNC(c1cc(Br)ccc1F)C1CSCCO1. The fourth-order valence-electron chi connectivity index (χ4n) is 2.11. The molecule has 1 aliphatic rings. The van der Waals surface area contributed by atoms with Crippen molar-refractivity contribution in [3.05, 3.63) is 34.1 Å². The van der Waals surface area contributed by atoms with Gasteiger partial charge in [0.15, 0.2) is 0 Å². The first-order valence-corrected chi connectivity index (χ1v) is 8.05. The summed E-state index contributed by atoms with van der Waals surface area (Å²) in [6.45, 7) is 3.56. The zero-order valence-corrected chi connectivity index (χ0v) is 12.7. The second-order valence-electron chi connectivity index (χ2n) is 4.19. The molecule has 0 aliphatic carbocycles. The molecule has 0 radical (unpaired) electrons. The van der Waals surface area contributed by atoms with Crippen LogP contribution in [0.1, 0.15) is 18.5 Å². The number of thioether (sulfide) groups is 1. The normalized spacial score (nSPS) is 21.8. The lowest BCUT2D eigenvalue weighted by Gasteiger charge is -2.31. The van der Waals surface area contributed by atoms with Crippen molar-refractivity contribution in [1.82, 2.24) is 5.32 Å². The van der Waals surface area contributed by atoms with Crippen LogP contribution in [0.5, 0.6) is 0 Å². The summed E-state index contributed by atoms with van der Waals surface area (Å²) in [5, 5.41) is 3.34. The van der Waals surface area contributed by atoms with Crippen LogP contribution in [0.2, 0.25) is 0 Å². The van der Waals surface area contributed by atoms with E-state index in [9.17, 15) is 4.39 Å². The minimum atomic E-state index is -0.177. The molecule has 18 heavy (non-hydrogen) atoms. The Bertz CT molecular complexity index is 399. The van der Waals surface area contributed by atoms with E-state index >= 15 is 0 Å². The maximum atomic E-state index is 14.0. The summed E-state index contributed by atoms with van der Waals surface area (Å²) in [6, 6.07) is 4.98. The number of hydrogen-bond donors (Lipinski definition) is 1. The fraction of sp³-hybridized carbons (Fsp3) is 0.538. The van der Waals surface area contributed by atoms with Gasteiger partial charge in [-0.25, -0.2) is 4.39 Å². The number of rotatable bonds is 4. The van der Waals surface area contributed by atoms with Gasteiger partial charge in [0.05, 0.1) is 18.8 Å². The summed E-state index contributed by atoms with van der Waals surface area (Å²) in [6.07, 6.45) is 0.0347. The van der Waals surface area contributed by atoms with E-state index in [1.54, 1.807) is 6.07 Å². The van der Waals surface area contributed by atoms with Crippen molar-refractivity contribution in [1.29, 1.82) is 0 Å². The van der Waals surface area contributed by atoms with Crippen LogP contribution in [0.3, 0.4) is 0 Å². The van der Waals surface area contributed by atoms with Crippen molar-refractivity contribution in [3.8, 4) is 0 Å². The summed E-state index contributed by atoms with van der Waals surface area (Å²) >= 11 is 5.26. The quantitative estimate of drug-likeness (QED) is 0.912. The molecule has 1 fully saturated rings. The first-order chi connectivity index (χ1) is 8.72. The topological polar surface area (TPSA) is 21.3 Å². The molecule has 1 aromatic rings. The highest BCUT2D eigenvalue weighted by Crippen LogP contribution is 2.29. The molecule has 2 atom stereocenters. The third-order valence-corrected chi connectivity index (χ3v) is 4.44. The predicted molar refractivity (Wildman–Crippen MR) is 77.6 cm³/mol.